The van der Waals surface area contributed by atoms with Gasteiger partial charge in [0.15, 0.2) is 11.9 Å². The molecule has 0 spiro atoms. The second kappa shape index (κ2) is 8.92. The highest BCUT2D eigenvalue weighted by Crippen LogP contribution is 2.36. The molecule has 148 valence electrons. The van der Waals surface area contributed by atoms with E-state index in [0.717, 1.165) is 12.1 Å². The van der Waals surface area contributed by atoms with Crippen LogP contribution in [0.15, 0.2) is 53.4 Å². The number of nitrogens with one attached hydrogen (secondary N) is 1. The summed E-state index contributed by atoms with van der Waals surface area (Å²) in [5.41, 5.74) is -3.48. The molecule has 0 fully saturated rings. The lowest BCUT2D eigenvalue weighted by molar-refractivity contribution is -0.123. The van der Waals surface area contributed by atoms with E-state index in [0.29, 0.717) is 11.3 Å². The number of ether oxygens (including phenoxy) is 1. The maximum Gasteiger partial charge on any atom is 0.446 e. The summed E-state index contributed by atoms with van der Waals surface area (Å²) in [7, 11) is 0. The number of hydrogen-bond acceptors (Lipinski definition) is 5. The molecule has 0 saturated carbocycles. The zero-order valence-corrected chi connectivity index (χ0v) is 15.7. The summed E-state index contributed by atoms with van der Waals surface area (Å²) in [5, 5.41) is 2.54. The number of carbonyl (C=O) groups is 3. The Morgan fingerprint density at radius 2 is 1.50 bits per heavy atom. The van der Waals surface area contributed by atoms with Crippen LogP contribution in [0.25, 0.3) is 0 Å². The van der Waals surface area contributed by atoms with Crippen molar-refractivity contribution in [3.05, 3.63) is 59.7 Å². The summed E-state index contributed by atoms with van der Waals surface area (Å²) in [4.78, 5) is 35.3. The molecule has 1 amide bonds. The standard InChI is InChI=1S/C19H16F3NO4S/c1-11(24)13-3-7-15(8-4-13)23-17(25)12(2)27-18(26)14-5-9-16(10-6-14)28-19(20,21)22/h3-10,12H,1-2H3,(H,23,25)/t12-/m0/s1. The average molecular weight is 411 g/mol. The van der Waals surface area contributed by atoms with Gasteiger partial charge in [-0.1, -0.05) is 0 Å². The molecule has 1 atom stereocenters. The Morgan fingerprint density at radius 3 is 2.00 bits per heavy atom. The highest BCUT2D eigenvalue weighted by atomic mass is 32.2. The molecule has 28 heavy (non-hydrogen) atoms. The van der Waals surface area contributed by atoms with E-state index < -0.39 is 23.5 Å². The third-order valence-corrected chi connectivity index (χ3v) is 4.27. The van der Waals surface area contributed by atoms with Gasteiger partial charge in [0.2, 0.25) is 0 Å². The molecule has 2 aromatic carbocycles. The molecule has 0 aliphatic carbocycles. The maximum atomic E-state index is 12.3. The normalized spacial score (nSPS) is 12.2. The van der Waals surface area contributed by atoms with Crippen LogP contribution in [0, 0.1) is 0 Å². The van der Waals surface area contributed by atoms with Crippen LogP contribution in [0.2, 0.25) is 0 Å². The minimum Gasteiger partial charge on any atom is -0.449 e. The van der Waals surface area contributed by atoms with Gasteiger partial charge in [0.1, 0.15) is 0 Å². The van der Waals surface area contributed by atoms with Crippen LogP contribution in [0.1, 0.15) is 34.6 Å². The van der Waals surface area contributed by atoms with E-state index in [1.807, 2.05) is 0 Å². The van der Waals surface area contributed by atoms with E-state index in [9.17, 15) is 27.6 Å². The van der Waals surface area contributed by atoms with Gasteiger partial charge >= 0.3 is 11.5 Å². The van der Waals surface area contributed by atoms with Gasteiger partial charge in [0, 0.05) is 16.1 Å². The minimum atomic E-state index is -4.42. The Bertz CT molecular complexity index is 864. The number of ketones is 1. The van der Waals surface area contributed by atoms with E-state index in [4.69, 9.17) is 4.74 Å². The molecular weight excluding hydrogens is 395 g/mol. The zero-order valence-electron chi connectivity index (χ0n) is 14.9. The van der Waals surface area contributed by atoms with Crippen molar-refractivity contribution in [3.63, 3.8) is 0 Å². The first-order valence-electron chi connectivity index (χ1n) is 8.04. The van der Waals surface area contributed by atoms with Crippen LogP contribution in [-0.4, -0.2) is 29.3 Å². The second-order valence-electron chi connectivity index (χ2n) is 5.74. The molecule has 0 radical (unpaired) electrons. The monoisotopic (exact) mass is 411 g/mol. The molecule has 0 unspecified atom stereocenters. The fraction of sp³-hybridized carbons (Fsp3) is 0.211. The lowest BCUT2D eigenvalue weighted by Gasteiger charge is -2.14. The van der Waals surface area contributed by atoms with Gasteiger partial charge < -0.3 is 10.1 Å². The third kappa shape index (κ3) is 6.41. The van der Waals surface area contributed by atoms with Crippen molar-refractivity contribution in [2.24, 2.45) is 0 Å². The number of halogens is 3. The minimum absolute atomic E-state index is 0.0250. The van der Waals surface area contributed by atoms with E-state index in [2.05, 4.69) is 5.32 Å². The van der Waals surface area contributed by atoms with Gasteiger partial charge in [0.25, 0.3) is 5.91 Å². The number of rotatable bonds is 6. The second-order valence-corrected chi connectivity index (χ2v) is 6.88. The number of alkyl halides is 3. The molecule has 0 aliphatic rings. The fourth-order valence-corrected chi connectivity index (χ4v) is 2.65. The van der Waals surface area contributed by atoms with Gasteiger partial charge in [-0.2, -0.15) is 13.2 Å². The van der Waals surface area contributed by atoms with Crippen molar-refractivity contribution in [1.82, 2.24) is 0 Å². The van der Waals surface area contributed by atoms with Crippen molar-refractivity contribution < 1.29 is 32.3 Å². The van der Waals surface area contributed by atoms with Crippen LogP contribution in [0.4, 0.5) is 18.9 Å². The van der Waals surface area contributed by atoms with Gasteiger partial charge in [-0.25, -0.2) is 4.79 Å². The molecule has 9 heteroatoms. The average Bonchev–Trinajstić information content (AvgIpc) is 2.61. The summed E-state index contributed by atoms with van der Waals surface area (Å²) in [5.74, 6) is -1.54. The number of Topliss-reactive ketones (excluding diaryl/α,β-unsaturated/α-hetero) is 1. The molecule has 0 aromatic heterocycles. The summed E-state index contributed by atoms with van der Waals surface area (Å²) in [6, 6.07) is 10.9. The van der Waals surface area contributed by atoms with E-state index in [1.165, 1.54) is 26.0 Å². The number of benzene rings is 2. The van der Waals surface area contributed by atoms with Crippen molar-refractivity contribution in [2.45, 2.75) is 30.4 Å². The SMILES string of the molecule is CC(=O)c1ccc(NC(=O)[C@H](C)OC(=O)c2ccc(SC(F)(F)F)cc2)cc1. The van der Waals surface area contributed by atoms with Crippen molar-refractivity contribution in [3.8, 4) is 0 Å². The fourth-order valence-electron chi connectivity index (χ4n) is 2.11. The molecule has 1 N–H and O–H groups in total. The Labute approximate surface area is 163 Å². The van der Waals surface area contributed by atoms with Crippen LogP contribution >= 0.6 is 11.8 Å². The number of thioether (sulfide) groups is 1. The van der Waals surface area contributed by atoms with E-state index in [-0.39, 0.29) is 28.0 Å². The van der Waals surface area contributed by atoms with Crippen LogP contribution in [0.5, 0.6) is 0 Å². The van der Waals surface area contributed by atoms with Crippen molar-refractivity contribution >= 4 is 35.1 Å². The maximum absolute atomic E-state index is 12.3. The summed E-state index contributed by atoms with van der Waals surface area (Å²) in [6.45, 7) is 2.79. The van der Waals surface area contributed by atoms with E-state index >= 15 is 0 Å². The predicted octanol–water partition coefficient (Wildman–Crippen LogP) is 4.69. The molecule has 2 aromatic rings. The highest BCUT2D eigenvalue weighted by molar-refractivity contribution is 8.00. The molecular formula is C19H16F3NO4S. The first kappa shape index (κ1) is 21.5. The van der Waals surface area contributed by atoms with Gasteiger partial charge in [0.05, 0.1) is 5.56 Å². The molecule has 0 saturated heterocycles. The van der Waals surface area contributed by atoms with E-state index in [1.54, 1.807) is 24.3 Å². The largest absolute Gasteiger partial charge is 0.449 e. The molecule has 0 bridgehead atoms. The predicted molar refractivity (Wildman–Crippen MR) is 98.3 cm³/mol. The number of esters is 1. The van der Waals surface area contributed by atoms with Gasteiger partial charge in [-0.15, -0.1) is 0 Å². The number of amides is 1. The topological polar surface area (TPSA) is 72.5 Å². The lowest BCUT2D eigenvalue weighted by atomic mass is 10.1. The molecule has 0 heterocycles. The Balaban J connectivity index is 1.93. The Kier molecular flexibility index (Phi) is 6.85. The third-order valence-electron chi connectivity index (χ3n) is 3.54. The Hall–Kier alpha value is -2.81. The van der Waals surface area contributed by atoms with Crippen molar-refractivity contribution in [2.75, 3.05) is 5.32 Å². The van der Waals surface area contributed by atoms with Crippen molar-refractivity contribution in [1.29, 1.82) is 0 Å². The summed E-state index contributed by atoms with van der Waals surface area (Å²) < 4.78 is 42.0. The molecule has 0 aliphatic heterocycles. The lowest BCUT2D eigenvalue weighted by Crippen LogP contribution is -2.30. The summed E-state index contributed by atoms with van der Waals surface area (Å²) >= 11 is -0.293. The Morgan fingerprint density at radius 1 is 0.964 bits per heavy atom. The zero-order chi connectivity index (χ0) is 20.9. The quantitative estimate of drug-likeness (QED) is 0.424. The van der Waals surface area contributed by atoms with Crippen LogP contribution in [-0.2, 0) is 9.53 Å². The highest BCUT2D eigenvalue weighted by Gasteiger charge is 2.29. The molecule has 5 nitrogen and oxygen atoms in total. The van der Waals surface area contributed by atoms with Gasteiger partial charge in [-0.05, 0) is 74.1 Å². The molecule has 2 rings (SSSR count). The number of hydrogen-bond donors (Lipinski definition) is 1. The van der Waals surface area contributed by atoms with Gasteiger partial charge in [-0.3, -0.25) is 9.59 Å². The first-order valence-corrected chi connectivity index (χ1v) is 8.85. The van der Waals surface area contributed by atoms with Crippen LogP contribution in [0.3, 0.4) is 0 Å². The summed E-state index contributed by atoms with van der Waals surface area (Å²) in [6.07, 6.45) is -1.13. The first-order chi connectivity index (χ1) is 13.0. The number of carbonyl (C=O) groups excluding carboxylic acids is 3. The number of anilines is 1. The smallest absolute Gasteiger partial charge is 0.446 e. The van der Waals surface area contributed by atoms with Crippen LogP contribution < -0.4 is 5.32 Å².